The maximum absolute atomic E-state index is 12.5. The summed E-state index contributed by atoms with van der Waals surface area (Å²) < 4.78 is 10.9. The summed E-state index contributed by atoms with van der Waals surface area (Å²) in [4.78, 5) is 24.9. The van der Waals surface area contributed by atoms with E-state index >= 15 is 0 Å². The van der Waals surface area contributed by atoms with E-state index in [0.717, 1.165) is 11.0 Å². The Bertz CT molecular complexity index is 725. The molecule has 0 aliphatic carbocycles. The average Bonchev–Trinajstić information content (AvgIpc) is 3.01. The number of benzene rings is 1. The van der Waals surface area contributed by atoms with Crippen LogP contribution in [0.2, 0.25) is 0 Å². The third-order valence-electron chi connectivity index (χ3n) is 4.06. The molecule has 0 bridgehead atoms. The molecule has 6 nitrogen and oxygen atoms in total. The normalized spacial score (nSPS) is 15.8. The highest BCUT2D eigenvalue weighted by Crippen LogP contribution is 2.20. The predicted molar refractivity (Wildman–Crippen MR) is 88.4 cm³/mol. The van der Waals surface area contributed by atoms with Crippen molar-refractivity contribution in [2.75, 3.05) is 19.8 Å². The molecule has 6 heteroatoms. The van der Waals surface area contributed by atoms with E-state index in [1.165, 1.54) is 11.0 Å². The van der Waals surface area contributed by atoms with Crippen LogP contribution in [0.15, 0.2) is 40.8 Å². The largest absolute Gasteiger partial charge is 0.480 e. The lowest BCUT2D eigenvalue weighted by atomic mass is 10.1. The van der Waals surface area contributed by atoms with Gasteiger partial charge in [-0.25, -0.2) is 0 Å². The zero-order valence-corrected chi connectivity index (χ0v) is 13.2. The van der Waals surface area contributed by atoms with Crippen molar-refractivity contribution >= 4 is 28.9 Å². The van der Waals surface area contributed by atoms with Crippen molar-refractivity contribution in [2.45, 2.75) is 18.9 Å². The molecule has 1 aliphatic rings. The van der Waals surface area contributed by atoms with E-state index in [4.69, 9.17) is 14.3 Å². The first-order valence-electron chi connectivity index (χ1n) is 7.90. The summed E-state index contributed by atoms with van der Waals surface area (Å²) in [7, 11) is 0. The number of ether oxygens (including phenoxy) is 1. The van der Waals surface area contributed by atoms with E-state index in [0.29, 0.717) is 31.8 Å². The Morgan fingerprint density at radius 2 is 2.00 bits per heavy atom. The van der Waals surface area contributed by atoms with Crippen LogP contribution in [0.4, 0.5) is 0 Å². The van der Waals surface area contributed by atoms with Crippen LogP contribution >= 0.6 is 0 Å². The number of carboxylic acids is 1. The Kier molecular flexibility index (Phi) is 4.96. The Morgan fingerprint density at radius 1 is 1.25 bits per heavy atom. The standard InChI is InChI=1S/C18H19NO5/c20-17(19(12-18(21)22)14-7-9-23-10-8-14)6-5-15-11-13-3-1-2-4-16(13)24-15/h1-6,11,14H,7-10,12H2,(H,21,22)/b6-5+. The number of amides is 1. The van der Waals surface area contributed by atoms with Gasteiger partial charge in [0, 0.05) is 30.7 Å². The van der Waals surface area contributed by atoms with E-state index in [-0.39, 0.29) is 18.5 Å². The molecule has 2 heterocycles. The van der Waals surface area contributed by atoms with Crippen molar-refractivity contribution in [3.8, 4) is 0 Å². The zero-order chi connectivity index (χ0) is 16.9. The third-order valence-corrected chi connectivity index (χ3v) is 4.06. The van der Waals surface area contributed by atoms with Gasteiger partial charge < -0.3 is 19.2 Å². The van der Waals surface area contributed by atoms with Crippen LogP contribution in [0.3, 0.4) is 0 Å². The summed E-state index contributed by atoms with van der Waals surface area (Å²) in [5.74, 6) is -0.788. The predicted octanol–water partition coefficient (Wildman–Crippen LogP) is 2.54. The molecule has 1 N–H and O–H groups in total. The average molecular weight is 329 g/mol. The summed E-state index contributed by atoms with van der Waals surface area (Å²) in [6, 6.07) is 9.31. The van der Waals surface area contributed by atoms with Crippen LogP contribution in [-0.4, -0.2) is 47.7 Å². The van der Waals surface area contributed by atoms with Crippen LogP contribution in [-0.2, 0) is 14.3 Å². The Hall–Kier alpha value is -2.60. The molecule has 3 rings (SSSR count). The first-order valence-corrected chi connectivity index (χ1v) is 7.90. The fourth-order valence-corrected chi connectivity index (χ4v) is 2.86. The van der Waals surface area contributed by atoms with Gasteiger partial charge in [-0.15, -0.1) is 0 Å². The maximum Gasteiger partial charge on any atom is 0.323 e. The number of carboxylic acid groups (broad SMARTS) is 1. The number of hydrogen-bond acceptors (Lipinski definition) is 4. The number of carbonyl (C=O) groups excluding carboxylic acids is 1. The minimum atomic E-state index is -1.02. The first-order chi connectivity index (χ1) is 11.6. The van der Waals surface area contributed by atoms with E-state index in [1.807, 2.05) is 30.3 Å². The number of furan rings is 1. The van der Waals surface area contributed by atoms with Crippen LogP contribution in [0.5, 0.6) is 0 Å². The molecule has 1 saturated heterocycles. The lowest BCUT2D eigenvalue weighted by Crippen LogP contribution is -2.45. The second-order valence-corrected chi connectivity index (χ2v) is 5.72. The van der Waals surface area contributed by atoms with Crippen LogP contribution < -0.4 is 0 Å². The molecule has 126 valence electrons. The van der Waals surface area contributed by atoms with Gasteiger partial charge >= 0.3 is 5.97 Å². The third kappa shape index (κ3) is 3.83. The quantitative estimate of drug-likeness (QED) is 0.853. The monoisotopic (exact) mass is 329 g/mol. The van der Waals surface area contributed by atoms with Gasteiger partial charge in [-0.05, 0) is 31.1 Å². The molecule has 0 unspecified atom stereocenters. The highest BCUT2D eigenvalue weighted by atomic mass is 16.5. The lowest BCUT2D eigenvalue weighted by Gasteiger charge is -2.32. The number of aliphatic carboxylic acids is 1. The molecule has 0 atom stereocenters. The molecule has 2 aromatic rings. The number of para-hydroxylation sites is 1. The minimum absolute atomic E-state index is 0.109. The molecule has 1 aromatic carbocycles. The zero-order valence-electron chi connectivity index (χ0n) is 13.2. The molecule has 0 spiro atoms. The van der Waals surface area contributed by atoms with E-state index in [2.05, 4.69) is 0 Å². The summed E-state index contributed by atoms with van der Waals surface area (Å²) >= 11 is 0. The smallest absolute Gasteiger partial charge is 0.323 e. The van der Waals surface area contributed by atoms with Crippen LogP contribution in [0, 0.1) is 0 Å². The lowest BCUT2D eigenvalue weighted by molar-refractivity contribution is -0.145. The minimum Gasteiger partial charge on any atom is -0.480 e. The highest BCUT2D eigenvalue weighted by Gasteiger charge is 2.26. The molecule has 1 aliphatic heterocycles. The van der Waals surface area contributed by atoms with Crippen molar-refractivity contribution in [1.82, 2.24) is 4.90 Å². The van der Waals surface area contributed by atoms with Crippen LogP contribution in [0.25, 0.3) is 17.0 Å². The van der Waals surface area contributed by atoms with E-state index in [1.54, 1.807) is 6.08 Å². The SMILES string of the molecule is O=C(O)CN(C(=O)/C=C/c1cc2ccccc2o1)C1CCOCC1. The number of carbonyl (C=O) groups is 2. The topological polar surface area (TPSA) is 80.0 Å². The molecule has 1 fully saturated rings. The fraction of sp³-hybridized carbons (Fsp3) is 0.333. The van der Waals surface area contributed by atoms with E-state index < -0.39 is 5.97 Å². The molecule has 0 saturated carbocycles. The van der Waals surface area contributed by atoms with Crippen molar-refractivity contribution in [2.24, 2.45) is 0 Å². The second-order valence-electron chi connectivity index (χ2n) is 5.72. The van der Waals surface area contributed by atoms with Gasteiger partial charge in [0.25, 0.3) is 0 Å². The first kappa shape index (κ1) is 16.3. The maximum atomic E-state index is 12.5. The van der Waals surface area contributed by atoms with Gasteiger partial charge in [-0.1, -0.05) is 18.2 Å². The summed E-state index contributed by atoms with van der Waals surface area (Å²) in [5.41, 5.74) is 0.747. The van der Waals surface area contributed by atoms with Gasteiger partial charge in [0.1, 0.15) is 17.9 Å². The molecule has 1 amide bonds. The van der Waals surface area contributed by atoms with Gasteiger partial charge in [0.05, 0.1) is 0 Å². The molecule has 0 radical (unpaired) electrons. The van der Waals surface area contributed by atoms with Gasteiger partial charge in [0.15, 0.2) is 0 Å². The Balaban J connectivity index is 1.74. The fourth-order valence-electron chi connectivity index (χ4n) is 2.86. The van der Waals surface area contributed by atoms with Crippen LogP contribution in [0.1, 0.15) is 18.6 Å². The summed E-state index contributed by atoms with van der Waals surface area (Å²) in [6.07, 6.45) is 4.25. The molecular weight excluding hydrogens is 310 g/mol. The van der Waals surface area contributed by atoms with Gasteiger partial charge in [-0.3, -0.25) is 9.59 Å². The number of rotatable bonds is 5. The summed E-state index contributed by atoms with van der Waals surface area (Å²) in [6.45, 7) is 0.774. The van der Waals surface area contributed by atoms with Crippen molar-refractivity contribution in [3.63, 3.8) is 0 Å². The molecule has 1 aromatic heterocycles. The number of nitrogens with zero attached hydrogens (tertiary/aromatic N) is 1. The highest BCUT2D eigenvalue weighted by molar-refractivity contribution is 5.94. The van der Waals surface area contributed by atoms with Gasteiger partial charge in [-0.2, -0.15) is 0 Å². The number of hydrogen-bond donors (Lipinski definition) is 1. The number of fused-ring (bicyclic) bond motifs is 1. The van der Waals surface area contributed by atoms with Crippen molar-refractivity contribution in [1.29, 1.82) is 0 Å². The molecule has 24 heavy (non-hydrogen) atoms. The second kappa shape index (κ2) is 7.31. The van der Waals surface area contributed by atoms with Crippen molar-refractivity contribution < 1.29 is 23.8 Å². The summed E-state index contributed by atoms with van der Waals surface area (Å²) in [5, 5.41) is 10.0. The van der Waals surface area contributed by atoms with E-state index in [9.17, 15) is 9.59 Å². The molecular formula is C18H19NO5. The van der Waals surface area contributed by atoms with Crippen molar-refractivity contribution in [3.05, 3.63) is 42.2 Å². The Morgan fingerprint density at radius 3 is 2.71 bits per heavy atom. The Labute approximate surface area is 139 Å². The van der Waals surface area contributed by atoms with Gasteiger partial charge in [0.2, 0.25) is 5.91 Å².